The Morgan fingerprint density at radius 3 is 2.46 bits per heavy atom. The molecular weight excluding hydrogens is 319 g/mol. The fourth-order valence-electron chi connectivity index (χ4n) is 2.84. The second kappa shape index (κ2) is 6.19. The summed E-state index contributed by atoms with van der Waals surface area (Å²) in [5, 5.41) is 0. The summed E-state index contributed by atoms with van der Waals surface area (Å²) in [7, 11) is 0. The van der Waals surface area contributed by atoms with Crippen LogP contribution in [-0.4, -0.2) is 12.3 Å². The maximum Gasteiger partial charge on any atom is 0.573 e. The minimum atomic E-state index is -4.71. The summed E-state index contributed by atoms with van der Waals surface area (Å²) in [4.78, 5) is 13.9. The Morgan fingerprint density at radius 2 is 1.79 bits per heavy atom. The third-order valence-corrected chi connectivity index (χ3v) is 3.93. The van der Waals surface area contributed by atoms with Gasteiger partial charge >= 0.3 is 6.36 Å². The fraction of sp³-hybridized carbons (Fsp3) is 0.278. The van der Waals surface area contributed by atoms with E-state index in [4.69, 9.17) is 0 Å². The Kier molecular flexibility index (Phi) is 4.22. The number of aryl methyl sites for hydroxylation is 2. The molecule has 0 spiro atoms. The van der Waals surface area contributed by atoms with E-state index in [1.807, 2.05) is 19.1 Å². The first kappa shape index (κ1) is 16.4. The molecule has 0 saturated carbocycles. The van der Waals surface area contributed by atoms with Crippen LogP contribution in [0.25, 0.3) is 0 Å². The van der Waals surface area contributed by atoms with E-state index in [0.29, 0.717) is 19.4 Å². The van der Waals surface area contributed by atoms with E-state index >= 15 is 0 Å². The molecule has 1 heterocycles. The molecule has 0 atom stereocenters. The standard InChI is InChI=1S/C18H16F3NO2/c1-12-2-8-16-14(10-12)5-9-17(23)22(16)11-13-3-6-15(7-4-13)24-18(19,20)21/h2-4,6-8,10H,5,9,11H2,1H3. The average molecular weight is 335 g/mol. The second-order valence-electron chi connectivity index (χ2n) is 5.80. The molecule has 0 fully saturated rings. The van der Waals surface area contributed by atoms with Crippen LogP contribution in [0.4, 0.5) is 18.9 Å². The zero-order valence-corrected chi connectivity index (χ0v) is 13.1. The van der Waals surface area contributed by atoms with Gasteiger partial charge in [-0.05, 0) is 42.7 Å². The van der Waals surface area contributed by atoms with Gasteiger partial charge in [0.05, 0.1) is 6.54 Å². The van der Waals surface area contributed by atoms with Gasteiger partial charge in [-0.2, -0.15) is 0 Å². The highest BCUT2D eigenvalue weighted by atomic mass is 19.4. The molecule has 0 aromatic heterocycles. The Labute approximate surface area is 137 Å². The molecule has 0 saturated heterocycles. The normalized spacial score (nSPS) is 14.5. The van der Waals surface area contributed by atoms with Crippen molar-refractivity contribution in [3.63, 3.8) is 0 Å². The van der Waals surface area contributed by atoms with E-state index in [2.05, 4.69) is 10.8 Å². The van der Waals surface area contributed by atoms with Gasteiger partial charge in [0.1, 0.15) is 5.75 Å². The highest BCUT2D eigenvalue weighted by Gasteiger charge is 2.31. The first-order valence-corrected chi connectivity index (χ1v) is 7.56. The quantitative estimate of drug-likeness (QED) is 0.833. The first-order chi connectivity index (χ1) is 11.3. The van der Waals surface area contributed by atoms with Gasteiger partial charge < -0.3 is 9.64 Å². The maximum absolute atomic E-state index is 12.3. The minimum absolute atomic E-state index is 0.0157. The number of benzene rings is 2. The van der Waals surface area contributed by atoms with Crippen molar-refractivity contribution in [2.45, 2.75) is 32.7 Å². The zero-order valence-electron chi connectivity index (χ0n) is 13.1. The number of nitrogens with zero attached hydrogens (tertiary/aromatic N) is 1. The summed E-state index contributed by atoms with van der Waals surface area (Å²) < 4.78 is 40.4. The third-order valence-electron chi connectivity index (χ3n) is 3.93. The summed E-state index contributed by atoms with van der Waals surface area (Å²) in [6, 6.07) is 11.5. The lowest BCUT2D eigenvalue weighted by atomic mass is 9.98. The molecule has 1 amide bonds. The highest BCUT2D eigenvalue weighted by Crippen LogP contribution is 2.30. The summed E-state index contributed by atoms with van der Waals surface area (Å²) >= 11 is 0. The Morgan fingerprint density at radius 1 is 1.08 bits per heavy atom. The van der Waals surface area contributed by atoms with E-state index in [-0.39, 0.29) is 11.7 Å². The zero-order chi connectivity index (χ0) is 17.3. The smallest absolute Gasteiger partial charge is 0.406 e. The van der Waals surface area contributed by atoms with Crippen LogP contribution in [0, 0.1) is 6.92 Å². The first-order valence-electron chi connectivity index (χ1n) is 7.56. The van der Waals surface area contributed by atoms with E-state index in [9.17, 15) is 18.0 Å². The summed E-state index contributed by atoms with van der Waals surface area (Å²) in [5.41, 5.74) is 3.86. The van der Waals surface area contributed by atoms with Crippen LogP contribution in [-0.2, 0) is 17.8 Å². The average Bonchev–Trinajstić information content (AvgIpc) is 2.50. The van der Waals surface area contributed by atoms with Crippen LogP contribution in [0.5, 0.6) is 5.75 Å². The van der Waals surface area contributed by atoms with Gasteiger partial charge in [-0.1, -0.05) is 29.8 Å². The Balaban J connectivity index is 1.80. The summed E-state index contributed by atoms with van der Waals surface area (Å²) in [5.74, 6) is -0.255. The fourth-order valence-corrected chi connectivity index (χ4v) is 2.84. The van der Waals surface area contributed by atoms with Gasteiger partial charge in [-0.15, -0.1) is 13.2 Å². The molecule has 0 radical (unpaired) electrons. The number of halogens is 3. The van der Waals surface area contributed by atoms with Crippen molar-refractivity contribution in [2.75, 3.05) is 4.90 Å². The van der Waals surface area contributed by atoms with E-state index in [1.54, 1.807) is 4.90 Å². The third kappa shape index (κ3) is 3.69. The number of anilines is 1. The van der Waals surface area contributed by atoms with Crippen LogP contribution in [0.1, 0.15) is 23.1 Å². The topological polar surface area (TPSA) is 29.5 Å². The lowest BCUT2D eigenvalue weighted by Crippen LogP contribution is -2.34. The van der Waals surface area contributed by atoms with Crippen molar-refractivity contribution in [1.82, 2.24) is 0 Å². The van der Waals surface area contributed by atoms with E-state index in [1.165, 1.54) is 24.3 Å². The van der Waals surface area contributed by atoms with Crippen LogP contribution in [0.2, 0.25) is 0 Å². The summed E-state index contributed by atoms with van der Waals surface area (Å²) in [6.07, 6.45) is -3.56. The van der Waals surface area contributed by atoms with Crippen molar-refractivity contribution in [3.05, 3.63) is 59.2 Å². The van der Waals surface area contributed by atoms with E-state index in [0.717, 1.165) is 22.4 Å². The number of hydrogen-bond acceptors (Lipinski definition) is 2. The van der Waals surface area contributed by atoms with E-state index < -0.39 is 6.36 Å². The van der Waals surface area contributed by atoms with Gasteiger partial charge in [0, 0.05) is 12.1 Å². The molecule has 2 aromatic rings. The monoisotopic (exact) mass is 335 g/mol. The summed E-state index contributed by atoms with van der Waals surface area (Å²) in [6.45, 7) is 2.32. The van der Waals surface area contributed by atoms with Crippen molar-refractivity contribution in [2.24, 2.45) is 0 Å². The number of hydrogen-bond donors (Lipinski definition) is 0. The van der Waals surface area contributed by atoms with Crippen LogP contribution in [0.3, 0.4) is 0 Å². The SMILES string of the molecule is Cc1ccc2c(c1)CCC(=O)N2Cc1ccc(OC(F)(F)F)cc1. The van der Waals surface area contributed by atoms with Crippen molar-refractivity contribution in [1.29, 1.82) is 0 Å². The predicted octanol–water partition coefficient (Wildman–Crippen LogP) is 4.37. The minimum Gasteiger partial charge on any atom is -0.406 e. The number of carbonyl (C=O) groups excluding carboxylic acids is 1. The molecule has 0 bridgehead atoms. The molecule has 3 rings (SSSR count). The molecular formula is C18H16F3NO2. The van der Waals surface area contributed by atoms with Crippen molar-refractivity contribution < 1.29 is 22.7 Å². The van der Waals surface area contributed by atoms with Gasteiger partial charge in [-0.25, -0.2) is 0 Å². The lowest BCUT2D eigenvalue weighted by Gasteiger charge is -2.30. The van der Waals surface area contributed by atoms with Crippen LogP contribution < -0.4 is 9.64 Å². The van der Waals surface area contributed by atoms with Gasteiger partial charge in [0.25, 0.3) is 0 Å². The number of ether oxygens (including phenoxy) is 1. The number of fused-ring (bicyclic) bond motifs is 1. The molecule has 2 aromatic carbocycles. The molecule has 126 valence electrons. The largest absolute Gasteiger partial charge is 0.573 e. The van der Waals surface area contributed by atoms with Crippen LogP contribution >= 0.6 is 0 Å². The van der Waals surface area contributed by atoms with Gasteiger partial charge in [0.2, 0.25) is 5.91 Å². The molecule has 6 heteroatoms. The maximum atomic E-state index is 12.3. The second-order valence-corrected chi connectivity index (χ2v) is 5.80. The predicted molar refractivity (Wildman–Crippen MR) is 83.8 cm³/mol. The number of carbonyl (C=O) groups is 1. The Hall–Kier alpha value is -2.50. The molecule has 0 N–H and O–H groups in total. The molecule has 24 heavy (non-hydrogen) atoms. The molecule has 3 nitrogen and oxygen atoms in total. The molecule has 0 aliphatic carbocycles. The Bertz CT molecular complexity index is 754. The number of alkyl halides is 3. The highest BCUT2D eigenvalue weighted by molar-refractivity contribution is 5.96. The molecule has 1 aliphatic rings. The van der Waals surface area contributed by atoms with Crippen molar-refractivity contribution >= 4 is 11.6 Å². The lowest BCUT2D eigenvalue weighted by molar-refractivity contribution is -0.274. The van der Waals surface area contributed by atoms with Crippen LogP contribution in [0.15, 0.2) is 42.5 Å². The molecule has 0 unspecified atom stereocenters. The number of amides is 1. The molecule has 1 aliphatic heterocycles. The van der Waals surface area contributed by atoms with Crippen molar-refractivity contribution in [3.8, 4) is 5.75 Å². The van der Waals surface area contributed by atoms with Gasteiger partial charge in [-0.3, -0.25) is 4.79 Å². The van der Waals surface area contributed by atoms with Gasteiger partial charge in [0.15, 0.2) is 0 Å². The number of rotatable bonds is 3.